The Labute approximate surface area is 177 Å². The molecule has 0 aliphatic carbocycles. The molecule has 1 atom stereocenters. The number of amides is 1. The van der Waals surface area contributed by atoms with E-state index >= 15 is 0 Å². The smallest absolute Gasteiger partial charge is 0.269 e. The largest absolute Gasteiger partial charge is 0.351 e. The van der Waals surface area contributed by atoms with Gasteiger partial charge in [0.2, 0.25) is 0 Å². The van der Waals surface area contributed by atoms with Gasteiger partial charge in [0, 0.05) is 23.8 Å². The number of aromatic nitrogens is 1. The van der Waals surface area contributed by atoms with Crippen LogP contribution in [-0.2, 0) is 6.42 Å². The second-order valence-electron chi connectivity index (χ2n) is 7.59. The molecule has 0 fully saturated rings. The summed E-state index contributed by atoms with van der Waals surface area (Å²) in [6.45, 7) is 2.80. The number of carbonyl (C=O) groups is 2. The number of nitrogens with zero attached hydrogens (tertiary/aromatic N) is 1. The van der Waals surface area contributed by atoms with Crippen molar-refractivity contribution in [3.8, 4) is 0 Å². The van der Waals surface area contributed by atoms with Gasteiger partial charge < -0.3 is 10.6 Å². The molecule has 30 heavy (non-hydrogen) atoms. The van der Waals surface area contributed by atoms with Crippen LogP contribution in [0.1, 0.15) is 39.8 Å². The van der Waals surface area contributed by atoms with Crippen LogP contribution in [-0.4, -0.2) is 35.3 Å². The van der Waals surface area contributed by atoms with Crippen molar-refractivity contribution >= 4 is 11.7 Å². The lowest BCUT2D eigenvalue weighted by Crippen LogP contribution is -2.48. The zero-order chi connectivity index (χ0) is 21.2. The van der Waals surface area contributed by atoms with Crippen molar-refractivity contribution in [2.24, 2.45) is 0 Å². The number of ketones is 1. The predicted molar refractivity (Wildman–Crippen MR) is 119 cm³/mol. The molecule has 1 amide bonds. The van der Waals surface area contributed by atoms with E-state index in [9.17, 15) is 9.59 Å². The average Bonchev–Trinajstić information content (AvgIpc) is 2.79. The van der Waals surface area contributed by atoms with Crippen LogP contribution in [0.3, 0.4) is 0 Å². The molecule has 0 aliphatic heterocycles. The third kappa shape index (κ3) is 6.36. The second kappa shape index (κ2) is 10.5. The van der Waals surface area contributed by atoms with E-state index in [1.54, 1.807) is 24.4 Å². The van der Waals surface area contributed by atoms with Crippen LogP contribution in [0, 0.1) is 0 Å². The Balaban J connectivity index is 1.63. The van der Waals surface area contributed by atoms with Crippen LogP contribution in [0.2, 0.25) is 0 Å². The summed E-state index contributed by atoms with van der Waals surface area (Å²) in [5, 5.41) is 6.37. The molecule has 0 radical (unpaired) electrons. The fourth-order valence-electron chi connectivity index (χ4n) is 3.34. The summed E-state index contributed by atoms with van der Waals surface area (Å²) < 4.78 is 0. The SMILES string of the molecule is CC(CCNC(=O)c1ccccn1)(Cc1ccccc1)NCC(=O)c1ccccc1. The minimum atomic E-state index is -0.358. The molecule has 0 bridgehead atoms. The minimum Gasteiger partial charge on any atom is -0.351 e. The van der Waals surface area contributed by atoms with Gasteiger partial charge in [0.15, 0.2) is 5.78 Å². The van der Waals surface area contributed by atoms with Gasteiger partial charge in [0.05, 0.1) is 6.54 Å². The van der Waals surface area contributed by atoms with Crippen molar-refractivity contribution in [1.29, 1.82) is 0 Å². The normalized spacial score (nSPS) is 12.7. The molecule has 3 rings (SSSR count). The van der Waals surface area contributed by atoms with Gasteiger partial charge in [0.25, 0.3) is 5.91 Å². The molecular formula is C25H27N3O2. The maximum Gasteiger partial charge on any atom is 0.269 e. The highest BCUT2D eigenvalue weighted by molar-refractivity contribution is 5.97. The Hall–Kier alpha value is -3.31. The third-order valence-electron chi connectivity index (χ3n) is 5.07. The van der Waals surface area contributed by atoms with Crippen LogP contribution in [0.25, 0.3) is 0 Å². The van der Waals surface area contributed by atoms with Crippen molar-refractivity contribution in [3.63, 3.8) is 0 Å². The molecule has 0 spiro atoms. The van der Waals surface area contributed by atoms with Crippen LogP contribution in [0.15, 0.2) is 85.1 Å². The topological polar surface area (TPSA) is 71.1 Å². The highest BCUT2D eigenvalue weighted by Crippen LogP contribution is 2.17. The van der Waals surface area contributed by atoms with Crippen molar-refractivity contribution in [2.45, 2.75) is 25.3 Å². The summed E-state index contributed by atoms with van der Waals surface area (Å²) in [6, 6.07) is 24.7. The first-order valence-corrected chi connectivity index (χ1v) is 10.1. The molecule has 1 unspecified atom stereocenters. The van der Waals surface area contributed by atoms with Gasteiger partial charge in [-0.2, -0.15) is 0 Å². The average molecular weight is 402 g/mol. The van der Waals surface area contributed by atoms with Crippen molar-refractivity contribution in [1.82, 2.24) is 15.6 Å². The van der Waals surface area contributed by atoms with E-state index in [0.29, 0.717) is 24.2 Å². The maximum absolute atomic E-state index is 12.6. The number of nitrogens with one attached hydrogen (secondary N) is 2. The van der Waals surface area contributed by atoms with Crippen LogP contribution >= 0.6 is 0 Å². The molecular weight excluding hydrogens is 374 g/mol. The van der Waals surface area contributed by atoms with E-state index in [1.807, 2.05) is 48.5 Å². The number of pyridine rings is 1. The fourth-order valence-corrected chi connectivity index (χ4v) is 3.34. The van der Waals surface area contributed by atoms with E-state index in [1.165, 1.54) is 5.56 Å². The first-order valence-electron chi connectivity index (χ1n) is 10.1. The van der Waals surface area contributed by atoms with Crippen LogP contribution in [0.5, 0.6) is 0 Å². The van der Waals surface area contributed by atoms with Crippen LogP contribution < -0.4 is 10.6 Å². The van der Waals surface area contributed by atoms with Gasteiger partial charge in [-0.1, -0.05) is 66.7 Å². The maximum atomic E-state index is 12.6. The molecule has 5 heteroatoms. The lowest BCUT2D eigenvalue weighted by molar-refractivity contribution is 0.0936. The summed E-state index contributed by atoms with van der Waals surface area (Å²) in [7, 11) is 0. The molecule has 5 nitrogen and oxygen atoms in total. The Morgan fingerprint density at radius 2 is 1.57 bits per heavy atom. The zero-order valence-corrected chi connectivity index (χ0v) is 17.2. The number of carbonyl (C=O) groups excluding carboxylic acids is 2. The molecule has 2 N–H and O–H groups in total. The summed E-state index contributed by atoms with van der Waals surface area (Å²) in [5.74, 6) is -0.148. The Kier molecular flexibility index (Phi) is 7.46. The van der Waals surface area contributed by atoms with E-state index in [0.717, 1.165) is 6.42 Å². The van der Waals surface area contributed by atoms with Gasteiger partial charge >= 0.3 is 0 Å². The first-order chi connectivity index (χ1) is 14.6. The first kappa shape index (κ1) is 21.4. The van der Waals surface area contributed by atoms with Crippen molar-refractivity contribution in [2.75, 3.05) is 13.1 Å². The van der Waals surface area contributed by atoms with Crippen molar-refractivity contribution in [3.05, 3.63) is 102 Å². The summed E-state index contributed by atoms with van der Waals surface area (Å²) in [5.41, 5.74) is 1.91. The summed E-state index contributed by atoms with van der Waals surface area (Å²) >= 11 is 0. The highest BCUT2D eigenvalue weighted by Gasteiger charge is 2.25. The van der Waals surface area contributed by atoms with E-state index in [2.05, 4.69) is 34.7 Å². The van der Waals surface area contributed by atoms with Gasteiger partial charge in [-0.3, -0.25) is 14.6 Å². The minimum absolute atomic E-state index is 0.0485. The molecule has 2 aromatic carbocycles. The van der Waals surface area contributed by atoms with E-state index in [-0.39, 0.29) is 23.8 Å². The molecule has 0 aliphatic rings. The molecule has 1 heterocycles. The number of rotatable bonds is 10. The molecule has 0 saturated heterocycles. The highest BCUT2D eigenvalue weighted by atomic mass is 16.2. The van der Waals surface area contributed by atoms with Gasteiger partial charge in [-0.25, -0.2) is 0 Å². The monoisotopic (exact) mass is 401 g/mol. The fraction of sp³-hybridized carbons (Fsp3) is 0.240. The Bertz CT molecular complexity index is 946. The lowest BCUT2D eigenvalue weighted by Gasteiger charge is -2.31. The summed E-state index contributed by atoms with van der Waals surface area (Å²) in [4.78, 5) is 28.9. The van der Waals surface area contributed by atoms with E-state index in [4.69, 9.17) is 0 Å². The number of Topliss-reactive ketones (excluding diaryl/α,β-unsaturated/α-hetero) is 1. The molecule has 1 aromatic heterocycles. The lowest BCUT2D eigenvalue weighted by atomic mass is 9.89. The standard InChI is InChI=1S/C25H27N3O2/c1-25(18-20-10-4-2-5-11-20,28-19-23(29)21-12-6-3-7-13-21)15-17-27-24(30)22-14-8-9-16-26-22/h2-14,16,28H,15,17-19H2,1H3,(H,27,30). The number of hydrogen-bond donors (Lipinski definition) is 2. The van der Waals surface area contributed by atoms with Crippen molar-refractivity contribution < 1.29 is 9.59 Å². The zero-order valence-electron chi connectivity index (χ0n) is 17.2. The van der Waals surface area contributed by atoms with Gasteiger partial charge in [0.1, 0.15) is 5.69 Å². The van der Waals surface area contributed by atoms with Gasteiger partial charge in [-0.05, 0) is 37.5 Å². The third-order valence-corrected chi connectivity index (χ3v) is 5.07. The molecule has 154 valence electrons. The predicted octanol–water partition coefficient (Wildman–Crippen LogP) is 3.68. The van der Waals surface area contributed by atoms with Crippen LogP contribution in [0.4, 0.5) is 0 Å². The molecule has 3 aromatic rings. The Morgan fingerprint density at radius 1 is 0.900 bits per heavy atom. The Morgan fingerprint density at radius 3 is 2.23 bits per heavy atom. The van der Waals surface area contributed by atoms with E-state index < -0.39 is 0 Å². The quantitative estimate of drug-likeness (QED) is 0.509. The second-order valence-corrected chi connectivity index (χ2v) is 7.59. The summed E-state index contributed by atoms with van der Waals surface area (Å²) in [6.07, 6.45) is 3.02. The van der Waals surface area contributed by atoms with Gasteiger partial charge in [-0.15, -0.1) is 0 Å². The number of benzene rings is 2. The number of hydrogen-bond acceptors (Lipinski definition) is 4. The molecule has 0 saturated carbocycles.